The summed E-state index contributed by atoms with van der Waals surface area (Å²) in [6, 6.07) is 20.6. The Balaban J connectivity index is 1.42. The third-order valence-corrected chi connectivity index (χ3v) is 7.83. The van der Waals surface area contributed by atoms with Gasteiger partial charge in [-0.25, -0.2) is 8.42 Å². The minimum Gasteiger partial charge on any atom is -0.492 e. The number of nitrogens with zero attached hydrogens (tertiary/aromatic N) is 1. The second kappa shape index (κ2) is 10.4. The fourth-order valence-electron chi connectivity index (χ4n) is 3.82. The number of anilines is 1. The first-order chi connectivity index (χ1) is 17.1. The number of fused-ring (bicyclic) bond motifs is 1. The fraction of sp³-hybridized carbons (Fsp3) is 0.296. The van der Waals surface area contributed by atoms with Crippen LogP contribution >= 0.6 is 11.6 Å². The third-order valence-electron chi connectivity index (χ3n) is 5.80. The molecular formula is C27H29ClN2O5S. The van der Waals surface area contributed by atoms with Crippen molar-refractivity contribution >= 4 is 33.2 Å². The lowest BCUT2D eigenvalue weighted by atomic mass is 9.87. The van der Waals surface area contributed by atoms with Crippen LogP contribution in [0.4, 0.5) is 5.69 Å². The number of ether oxygens (including phenoxy) is 2. The number of hydrogen-bond donors (Lipinski definition) is 1. The van der Waals surface area contributed by atoms with E-state index >= 15 is 0 Å². The first-order valence-electron chi connectivity index (χ1n) is 11.6. The lowest BCUT2D eigenvalue weighted by Gasteiger charge is -2.34. The van der Waals surface area contributed by atoms with Crippen LogP contribution in [0, 0.1) is 0 Å². The monoisotopic (exact) mass is 528 g/mol. The van der Waals surface area contributed by atoms with E-state index in [1.807, 2.05) is 24.3 Å². The smallest absolute Gasteiger partial charge is 0.264 e. The molecule has 1 N–H and O–H groups in total. The summed E-state index contributed by atoms with van der Waals surface area (Å²) in [5.74, 6) is 0.535. The maximum Gasteiger partial charge on any atom is 0.264 e. The summed E-state index contributed by atoms with van der Waals surface area (Å²) < 4.78 is 39.6. The first-order valence-corrected chi connectivity index (χ1v) is 13.4. The summed E-state index contributed by atoms with van der Waals surface area (Å²) in [5.41, 5.74) is 1.55. The Morgan fingerprint density at radius 2 is 1.78 bits per heavy atom. The van der Waals surface area contributed by atoms with Crippen molar-refractivity contribution < 1.29 is 22.7 Å². The molecule has 1 heterocycles. The van der Waals surface area contributed by atoms with Gasteiger partial charge in [0.2, 0.25) is 0 Å². The van der Waals surface area contributed by atoms with Crippen molar-refractivity contribution in [3.05, 3.63) is 83.4 Å². The molecule has 0 aliphatic carbocycles. The van der Waals surface area contributed by atoms with Gasteiger partial charge in [-0.1, -0.05) is 62.7 Å². The van der Waals surface area contributed by atoms with Crippen molar-refractivity contribution in [3.63, 3.8) is 0 Å². The third kappa shape index (κ3) is 5.77. The number of rotatable bonds is 7. The van der Waals surface area contributed by atoms with E-state index in [-0.39, 0.29) is 41.4 Å². The van der Waals surface area contributed by atoms with E-state index in [0.29, 0.717) is 10.8 Å². The molecule has 7 nitrogen and oxygen atoms in total. The van der Waals surface area contributed by atoms with Crippen molar-refractivity contribution in [3.8, 4) is 11.5 Å². The average Bonchev–Trinajstić information content (AvgIpc) is 2.86. The van der Waals surface area contributed by atoms with Gasteiger partial charge in [-0.05, 0) is 53.4 Å². The lowest BCUT2D eigenvalue weighted by molar-refractivity contribution is -0.127. The second-order valence-corrected chi connectivity index (χ2v) is 11.8. The normalized spacial score (nSPS) is 15.6. The molecule has 0 fully saturated rings. The molecule has 1 amide bonds. The molecule has 1 aliphatic heterocycles. The van der Waals surface area contributed by atoms with E-state index in [2.05, 4.69) is 26.1 Å². The molecule has 9 heteroatoms. The van der Waals surface area contributed by atoms with Gasteiger partial charge in [-0.2, -0.15) is 0 Å². The molecule has 3 aromatic carbocycles. The Bertz CT molecular complexity index is 1320. The summed E-state index contributed by atoms with van der Waals surface area (Å²) >= 11 is 6.13. The number of hydrogen-bond acceptors (Lipinski definition) is 5. The zero-order valence-electron chi connectivity index (χ0n) is 20.4. The van der Waals surface area contributed by atoms with E-state index in [4.69, 9.17) is 21.1 Å². The zero-order valence-corrected chi connectivity index (χ0v) is 22.0. The van der Waals surface area contributed by atoms with Crippen molar-refractivity contribution in [1.29, 1.82) is 0 Å². The molecule has 190 valence electrons. The number of halogens is 1. The molecule has 0 radical (unpaired) electrons. The Labute approximate surface area is 217 Å². The van der Waals surface area contributed by atoms with Gasteiger partial charge in [0.05, 0.1) is 23.7 Å². The Kier molecular flexibility index (Phi) is 7.47. The summed E-state index contributed by atoms with van der Waals surface area (Å²) in [7, 11) is -3.94. The number of amides is 1. The van der Waals surface area contributed by atoms with Crippen LogP contribution in [0.1, 0.15) is 26.3 Å². The number of carbonyl (C=O) groups excluding carboxylic acids is 1. The standard InChI is InChI=1S/C27H29ClN2O5S/c1-27(2,3)19-9-12-21(13-10-19)34-16-15-29-26(31)25-18-30(23-17-20(28)11-14-24(23)35-25)36(32,33)22-7-5-4-6-8-22/h4-14,17,25H,15-16,18H2,1-3H3,(H,29,31)/t25-/m1/s1. The van der Waals surface area contributed by atoms with Gasteiger partial charge in [0, 0.05) is 5.02 Å². The average molecular weight is 529 g/mol. The molecule has 3 aromatic rings. The highest BCUT2D eigenvalue weighted by Crippen LogP contribution is 2.38. The zero-order chi connectivity index (χ0) is 25.9. The van der Waals surface area contributed by atoms with E-state index in [0.717, 1.165) is 0 Å². The number of nitrogens with one attached hydrogen (secondary N) is 1. The summed E-state index contributed by atoms with van der Waals surface area (Å²) in [6.07, 6.45) is -1.04. The van der Waals surface area contributed by atoms with Gasteiger partial charge in [0.25, 0.3) is 15.9 Å². The van der Waals surface area contributed by atoms with Crippen LogP contribution in [-0.2, 0) is 20.2 Å². The van der Waals surface area contributed by atoms with E-state index < -0.39 is 22.0 Å². The van der Waals surface area contributed by atoms with Gasteiger partial charge in [-0.15, -0.1) is 0 Å². The summed E-state index contributed by atoms with van der Waals surface area (Å²) in [5, 5.41) is 3.14. The Morgan fingerprint density at radius 1 is 1.08 bits per heavy atom. The molecule has 1 aliphatic rings. The van der Waals surface area contributed by atoms with Gasteiger partial charge >= 0.3 is 0 Å². The molecule has 0 saturated heterocycles. The van der Waals surface area contributed by atoms with Gasteiger partial charge in [-0.3, -0.25) is 9.10 Å². The van der Waals surface area contributed by atoms with Crippen LogP contribution in [0.3, 0.4) is 0 Å². The van der Waals surface area contributed by atoms with Gasteiger partial charge < -0.3 is 14.8 Å². The highest BCUT2D eigenvalue weighted by Gasteiger charge is 2.37. The van der Waals surface area contributed by atoms with E-state index in [1.165, 1.54) is 28.1 Å². The van der Waals surface area contributed by atoms with Gasteiger partial charge in [0.15, 0.2) is 6.10 Å². The molecule has 0 unspecified atom stereocenters. The highest BCUT2D eigenvalue weighted by atomic mass is 35.5. The van der Waals surface area contributed by atoms with Crippen LogP contribution in [0.2, 0.25) is 5.02 Å². The predicted molar refractivity (Wildman–Crippen MR) is 140 cm³/mol. The Hall–Kier alpha value is -3.23. The van der Waals surface area contributed by atoms with E-state index in [1.54, 1.807) is 30.3 Å². The largest absolute Gasteiger partial charge is 0.492 e. The number of benzene rings is 3. The van der Waals surface area contributed by atoms with Crippen molar-refractivity contribution in [2.75, 3.05) is 24.0 Å². The molecule has 0 bridgehead atoms. The number of carbonyl (C=O) groups is 1. The van der Waals surface area contributed by atoms with Gasteiger partial charge in [0.1, 0.15) is 18.1 Å². The first kappa shape index (κ1) is 25.9. The molecule has 0 aromatic heterocycles. The second-order valence-electron chi connectivity index (χ2n) is 9.48. The predicted octanol–water partition coefficient (Wildman–Crippen LogP) is 4.79. The van der Waals surface area contributed by atoms with Crippen molar-refractivity contribution in [2.45, 2.75) is 37.2 Å². The topological polar surface area (TPSA) is 84.9 Å². The van der Waals surface area contributed by atoms with Crippen LogP contribution < -0.4 is 19.1 Å². The van der Waals surface area contributed by atoms with Crippen molar-refractivity contribution in [2.24, 2.45) is 0 Å². The minimum atomic E-state index is -3.94. The van der Waals surface area contributed by atoms with Crippen LogP contribution in [0.25, 0.3) is 0 Å². The Morgan fingerprint density at radius 3 is 2.44 bits per heavy atom. The maximum atomic E-state index is 13.4. The fourth-order valence-corrected chi connectivity index (χ4v) is 5.47. The molecule has 0 saturated carbocycles. The number of sulfonamides is 1. The molecule has 4 rings (SSSR count). The highest BCUT2D eigenvalue weighted by molar-refractivity contribution is 7.92. The molecule has 1 atom stereocenters. The van der Waals surface area contributed by atoms with Crippen LogP contribution in [0.15, 0.2) is 77.7 Å². The van der Waals surface area contributed by atoms with Crippen LogP contribution in [0.5, 0.6) is 11.5 Å². The quantitative estimate of drug-likeness (QED) is 0.446. The minimum absolute atomic E-state index is 0.0539. The maximum absolute atomic E-state index is 13.4. The lowest BCUT2D eigenvalue weighted by Crippen LogP contribution is -2.51. The van der Waals surface area contributed by atoms with E-state index in [9.17, 15) is 13.2 Å². The molecule has 36 heavy (non-hydrogen) atoms. The SMILES string of the molecule is CC(C)(C)c1ccc(OCCNC(=O)[C@H]2CN(S(=O)(=O)c3ccccc3)c3cc(Cl)ccc3O2)cc1. The summed E-state index contributed by atoms with van der Waals surface area (Å²) in [4.78, 5) is 13.0. The van der Waals surface area contributed by atoms with Crippen LogP contribution in [-0.4, -0.2) is 40.1 Å². The molecular weight excluding hydrogens is 500 g/mol. The molecule has 0 spiro atoms. The van der Waals surface area contributed by atoms with Crippen molar-refractivity contribution in [1.82, 2.24) is 5.32 Å². The summed E-state index contributed by atoms with van der Waals surface area (Å²) in [6.45, 7) is 6.73.